The van der Waals surface area contributed by atoms with Crippen LogP contribution in [-0.4, -0.2) is 10.8 Å². The smallest absolute Gasteiger partial charge is 0.0350 e. The van der Waals surface area contributed by atoms with Crippen molar-refractivity contribution < 1.29 is 0 Å². The largest absolute Gasteiger partial charge is 0.123 e. The maximum Gasteiger partial charge on any atom is 0.0350 e. The summed E-state index contributed by atoms with van der Waals surface area (Å²) in [4.78, 5) is 0. The second-order valence-corrected chi connectivity index (χ2v) is 3.24. The van der Waals surface area contributed by atoms with E-state index in [1.165, 1.54) is 0 Å². The summed E-state index contributed by atoms with van der Waals surface area (Å²) >= 11 is 11.4. The van der Waals surface area contributed by atoms with Gasteiger partial charge in [-0.2, -0.15) is 0 Å². The van der Waals surface area contributed by atoms with Gasteiger partial charge in [0.2, 0.25) is 0 Å². The van der Waals surface area contributed by atoms with Crippen molar-refractivity contribution in [3.05, 3.63) is 0 Å². The minimum absolute atomic E-state index is 0.363. The van der Waals surface area contributed by atoms with Crippen molar-refractivity contribution in [1.82, 2.24) is 0 Å². The van der Waals surface area contributed by atoms with Crippen molar-refractivity contribution in [2.24, 2.45) is 0 Å². The predicted octanol–water partition coefficient (Wildman–Crippen LogP) is 2.39. The second-order valence-electron chi connectivity index (χ2n) is 2.01. The molecule has 0 amide bonds. The Labute approximate surface area is 53.8 Å². The third kappa shape index (κ3) is 1.50. The van der Waals surface area contributed by atoms with Gasteiger partial charge in [-0.15, -0.1) is 23.2 Å². The number of hydrogen-bond donors (Lipinski definition) is 0. The molecule has 2 heteroatoms. The molecule has 0 bridgehead atoms. The van der Waals surface area contributed by atoms with Crippen LogP contribution in [0.1, 0.15) is 19.3 Å². The zero-order valence-electron chi connectivity index (χ0n) is 4.03. The normalized spacial score (nSPS) is 42.0. The third-order valence-corrected chi connectivity index (χ3v) is 2.10. The summed E-state index contributed by atoms with van der Waals surface area (Å²) in [6.45, 7) is 0. The summed E-state index contributed by atoms with van der Waals surface area (Å²) in [5.41, 5.74) is 0. The Morgan fingerprint density at radius 1 is 1.00 bits per heavy atom. The number of alkyl halides is 2. The van der Waals surface area contributed by atoms with Crippen molar-refractivity contribution in [1.29, 1.82) is 0 Å². The average Bonchev–Trinajstić information content (AvgIpc) is 1.87. The Balaban J connectivity index is 2.26. The lowest BCUT2D eigenvalue weighted by atomic mass is 10.4. The lowest BCUT2D eigenvalue weighted by Crippen LogP contribution is -1.90. The Kier molecular flexibility index (Phi) is 1.82. The van der Waals surface area contributed by atoms with Gasteiger partial charge in [0.1, 0.15) is 0 Å². The summed E-state index contributed by atoms with van der Waals surface area (Å²) in [5.74, 6) is 0. The number of halogens is 2. The highest BCUT2D eigenvalue weighted by atomic mass is 35.5. The molecule has 0 aromatic rings. The molecule has 0 aromatic heterocycles. The Bertz CT molecular complexity index is 55.1. The molecule has 0 N–H and O–H groups in total. The Morgan fingerprint density at radius 3 is 1.57 bits per heavy atom. The molecule has 0 spiro atoms. The standard InChI is InChI=1S/C5H8Cl2/c6-4-1-2-5(7)3-4/h4-5H,1-3H2/t4-,5-/m1/s1. The van der Waals surface area contributed by atoms with E-state index in [9.17, 15) is 0 Å². The molecule has 0 radical (unpaired) electrons. The molecule has 0 aromatic carbocycles. The molecular weight excluding hydrogens is 131 g/mol. The van der Waals surface area contributed by atoms with Gasteiger partial charge < -0.3 is 0 Å². The molecule has 1 aliphatic carbocycles. The van der Waals surface area contributed by atoms with Gasteiger partial charge in [0.25, 0.3) is 0 Å². The van der Waals surface area contributed by atoms with Gasteiger partial charge in [0.15, 0.2) is 0 Å². The maximum absolute atomic E-state index is 5.72. The molecule has 0 nitrogen and oxygen atoms in total. The Hall–Kier alpha value is 0.580. The molecule has 0 aliphatic heterocycles. The van der Waals surface area contributed by atoms with E-state index in [0.717, 1.165) is 19.3 Å². The van der Waals surface area contributed by atoms with Crippen LogP contribution in [0.4, 0.5) is 0 Å². The van der Waals surface area contributed by atoms with Gasteiger partial charge in [-0.1, -0.05) is 0 Å². The van der Waals surface area contributed by atoms with Gasteiger partial charge in [-0.3, -0.25) is 0 Å². The van der Waals surface area contributed by atoms with Gasteiger partial charge >= 0.3 is 0 Å². The monoisotopic (exact) mass is 138 g/mol. The van der Waals surface area contributed by atoms with E-state index in [-0.39, 0.29) is 0 Å². The third-order valence-electron chi connectivity index (χ3n) is 1.30. The van der Waals surface area contributed by atoms with Crippen molar-refractivity contribution in [3.63, 3.8) is 0 Å². The van der Waals surface area contributed by atoms with Crippen LogP contribution < -0.4 is 0 Å². The predicted molar refractivity (Wildman–Crippen MR) is 33.1 cm³/mol. The number of hydrogen-bond acceptors (Lipinski definition) is 0. The molecule has 1 saturated carbocycles. The van der Waals surface area contributed by atoms with E-state index in [1.807, 2.05) is 0 Å². The fourth-order valence-corrected chi connectivity index (χ4v) is 1.65. The lowest BCUT2D eigenvalue weighted by molar-refractivity contribution is 0.893. The Morgan fingerprint density at radius 2 is 1.43 bits per heavy atom. The minimum Gasteiger partial charge on any atom is -0.123 e. The highest BCUT2D eigenvalue weighted by Crippen LogP contribution is 2.27. The summed E-state index contributed by atoms with van der Waals surface area (Å²) in [7, 11) is 0. The SMILES string of the molecule is Cl[C@@H]1CC[C@@H](Cl)C1. The van der Waals surface area contributed by atoms with E-state index in [0.29, 0.717) is 10.8 Å². The van der Waals surface area contributed by atoms with Crippen LogP contribution in [0.5, 0.6) is 0 Å². The second kappa shape index (κ2) is 2.23. The van der Waals surface area contributed by atoms with E-state index in [1.54, 1.807) is 0 Å². The molecule has 1 aliphatic rings. The quantitative estimate of drug-likeness (QED) is 0.452. The van der Waals surface area contributed by atoms with Gasteiger partial charge in [-0.25, -0.2) is 0 Å². The highest BCUT2D eigenvalue weighted by Gasteiger charge is 2.19. The average molecular weight is 139 g/mol. The molecule has 0 saturated heterocycles. The van der Waals surface area contributed by atoms with Crippen LogP contribution in [0.25, 0.3) is 0 Å². The molecule has 2 atom stereocenters. The van der Waals surface area contributed by atoms with Crippen molar-refractivity contribution in [3.8, 4) is 0 Å². The van der Waals surface area contributed by atoms with Gasteiger partial charge in [-0.05, 0) is 19.3 Å². The maximum atomic E-state index is 5.72. The van der Waals surface area contributed by atoms with E-state index in [2.05, 4.69) is 0 Å². The summed E-state index contributed by atoms with van der Waals surface area (Å²) in [5, 5.41) is 0.727. The van der Waals surface area contributed by atoms with Crippen molar-refractivity contribution in [2.45, 2.75) is 30.0 Å². The first-order chi connectivity index (χ1) is 3.29. The van der Waals surface area contributed by atoms with E-state index < -0.39 is 0 Å². The van der Waals surface area contributed by atoms with Crippen molar-refractivity contribution in [2.75, 3.05) is 0 Å². The zero-order valence-corrected chi connectivity index (χ0v) is 5.54. The lowest BCUT2D eigenvalue weighted by Gasteiger charge is -1.92. The fraction of sp³-hybridized carbons (Fsp3) is 1.00. The molecule has 1 rings (SSSR count). The topological polar surface area (TPSA) is 0 Å². The zero-order chi connectivity index (χ0) is 5.28. The molecule has 7 heavy (non-hydrogen) atoms. The van der Waals surface area contributed by atoms with Crippen molar-refractivity contribution >= 4 is 23.2 Å². The molecule has 0 heterocycles. The van der Waals surface area contributed by atoms with Crippen LogP contribution in [-0.2, 0) is 0 Å². The molecule has 1 fully saturated rings. The summed E-state index contributed by atoms with van der Waals surface area (Å²) < 4.78 is 0. The van der Waals surface area contributed by atoms with Crippen LogP contribution in [0.3, 0.4) is 0 Å². The highest BCUT2D eigenvalue weighted by molar-refractivity contribution is 6.24. The molecular formula is C5H8Cl2. The van der Waals surface area contributed by atoms with E-state index >= 15 is 0 Å². The first-order valence-corrected chi connectivity index (χ1v) is 3.44. The van der Waals surface area contributed by atoms with Crippen LogP contribution in [0.15, 0.2) is 0 Å². The molecule has 0 unspecified atom stereocenters. The van der Waals surface area contributed by atoms with Gasteiger partial charge in [0.05, 0.1) is 0 Å². The van der Waals surface area contributed by atoms with Gasteiger partial charge in [0, 0.05) is 10.8 Å². The fourth-order valence-electron chi connectivity index (χ4n) is 0.875. The number of rotatable bonds is 0. The van der Waals surface area contributed by atoms with Crippen LogP contribution in [0, 0.1) is 0 Å². The summed E-state index contributed by atoms with van der Waals surface area (Å²) in [6.07, 6.45) is 3.22. The molecule has 42 valence electrons. The van der Waals surface area contributed by atoms with Crippen LogP contribution in [0.2, 0.25) is 0 Å². The summed E-state index contributed by atoms with van der Waals surface area (Å²) in [6, 6.07) is 0. The first kappa shape index (κ1) is 5.71. The minimum atomic E-state index is 0.363. The van der Waals surface area contributed by atoms with Crippen LogP contribution >= 0.6 is 23.2 Å². The van der Waals surface area contributed by atoms with E-state index in [4.69, 9.17) is 23.2 Å². The first-order valence-electron chi connectivity index (χ1n) is 2.57.